The van der Waals surface area contributed by atoms with Gasteiger partial charge < -0.3 is 20.1 Å². The van der Waals surface area contributed by atoms with Gasteiger partial charge in [-0.2, -0.15) is 0 Å². The van der Waals surface area contributed by atoms with Gasteiger partial charge in [-0.25, -0.2) is 4.79 Å². The maximum absolute atomic E-state index is 12.6. The van der Waals surface area contributed by atoms with Gasteiger partial charge in [0.05, 0.1) is 7.11 Å². The van der Waals surface area contributed by atoms with E-state index < -0.39 is 12.0 Å². The molecule has 2 atom stereocenters. The highest BCUT2D eigenvalue weighted by Crippen LogP contribution is 2.20. The lowest BCUT2D eigenvalue weighted by molar-refractivity contribution is -0.145. The number of carbonyl (C=O) groups excluding carboxylic acids is 2. The summed E-state index contributed by atoms with van der Waals surface area (Å²) in [5.74, 6) is -0.00664. The van der Waals surface area contributed by atoms with E-state index in [1.54, 1.807) is 6.08 Å². The average Bonchev–Trinajstić information content (AvgIpc) is 2.74. The molecule has 166 valence electrons. The third kappa shape index (κ3) is 9.27. The van der Waals surface area contributed by atoms with Crippen LogP contribution >= 0.6 is 0 Å². The fraction of sp³-hybridized carbons (Fsp3) is 0.500. The molecule has 0 aliphatic heterocycles. The van der Waals surface area contributed by atoms with Crippen LogP contribution in [0.4, 0.5) is 0 Å². The third-order valence-corrected chi connectivity index (χ3v) is 4.80. The molecule has 1 amide bonds. The quantitative estimate of drug-likeness (QED) is 0.261. The highest BCUT2D eigenvalue weighted by atomic mass is 16.5. The Labute approximate surface area is 180 Å². The van der Waals surface area contributed by atoms with E-state index in [2.05, 4.69) is 23.8 Å². The fourth-order valence-corrected chi connectivity index (χ4v) is 3.03. The average molecular weight is 417 g/mol. The largest absolute Gasteiger partial charge is 0.489 e. The molecule has 30 heavy (non-hydrogen) atoms. The lowest BCUT2D eigenvalue weighted by atomic mass is 10.0. The second-order valence-corrected chi connectivity index (χ2v) is 7.36. The number of esters is 1. The van der Waals surface area contributed by atoms with Crippen molar-refractivity contribution < 1.29 is 19.1 Å². The number of hydrogen-bond donors (Lipinski definition) is 2. The Balaban J connectivity index is 2.63. The Morgan fingerprint density at radius 2 is 1.97 bits per heavy atom. The van der Waals surface area contributed by atoms with E-state index in [-0.39, 0.29) is 11.8 Å². The van der Waals surface area contributed by atoms with Crippen LogP contribution in [0.5, 0.6) is 5.75 Å². The summed E-state index contributed by atoms with van der Waals surface area (Å²) in [4.78, 5) is 24.8. The van der Waals surface area contributed by atoms with E-state index >= 15 is 0 Å². The zero-order valence-corrected chi connectivity index (χ0v) is 18.5. The number of aryl methyl sites for hydroxylation is 1. The molecule has 0 aliphatic carbocycles. The first-order valence-corrected chi connectivity index (χ1v) is 10.5. The van der Waals surface area contributed by atoms with Gasteiger partial charge in [-0.15, -0.1) is 6.58 Å². The van der Waals surface area contributed by atoms with Crippen molar-refractivity contribution in [1.82, 2.24) is 10.6 Å². The summed E-state index contributed by atoms with van der Waals surface area (Å²) < 4.78 is 10.5. The molecule has 1 rings (SSSR count). The minimum atomic E-state index is -0.727. The van der Waals surface area contributed by atoms with Crippen molar-refractivity contribution >= 4 is 11.9 Å². The van der Waals surface area contributed by atoms with Crippen LogP contribution in [0.15, 0.2) is 43.5 Å². The van der Waals surface area contributed by atoms with Crippen LogP contribution in [0.25, 0.3) is 0 Å². The summed E-state index contributed by atoms with van der Waals surface area (Å²) in [6.45, 7) is 13.3. The fourth-order valence-electron chi connectivity index (χ4n) is 3.03. The zero-order chi connectivity index (χ0) is 22.4. The number of nitrogens with one attached hydrogen (secondary N) is 2. The Bertz CT molecular complexity index is 702. The molecule has 0 heterocycles. The normalized spacial score (nSPS) is 12.5. The van der Waals surface area contributed by atoms with Crippen LogP contribution in [0, 0.1) is 12.8 Å². The van der Waals surface area contributed by atoms with E-state index in [0.29, 0.717) is 13.0 Å². The Hall–Kier alpha value is -2.60. The number of ether oxygens (including phenoxy) is 2. The van der Waals surface area contributed by atoms with E-state index in [1.165, 1.54) is 7.11 Å². The van der Waals surface area contributed by atoms with E-state index in [9.17, 15) is 9.59 Å². The number of amides is 1. The van der Waals surface area contributed by atoms with Gasteiger partial charge in [-0.1, -0.05) is 37.8 Å². The molecular formula is C24H36N2O4. The molecule has 0 aromatic heterocycles. The Kier molecular flexibility index (Phi) is 12.2. The predicted octanol–water partition coefficient (Wildman–Crippen LogP) is 3.34. The maximum Gasteiger partial charge on any atom is 0.328 e. The molecule has 0 spiro atoms. The van der Waals surface area contributed by atoms with E-state index in [1.807, 2.05) is 38.1 Å². The van der Waals surface area contributed by atoms with Crippen LogP contribution < -0.4 is 15.4 Å². The topological polar surface area (TPSA) is 76.7 Å². The molecule has 2 N–H and O–H groups in total. The molecule has 0 saturated carbocycles. The van der Waals surface area contributed by atoms with Crippen LogP contribution in [0.2, 0.25) is 0 Å². The van der Waals surface area contributed by atoms with Gasteiger partial charge in [0.15, 0.2) is 0 Å². The van der Waals surface area contributed by atoms with Gasteiger partial charge in [0.1, 0.15) is 18.4 Å². The minimum absolute atomic E-state index is 0.140. The molecular weight excluding hydrogens is 380 g/mol. The minimum Gasteiger partial charge on any atom is -0.489 e. The van der Waals surface area contributed by atoms with Crippen LogP contribution in [0.1, 0.15) is 37.3 Å². The maximum atomic E-state index is 12.6. The van der Waals surface area contributed by atoms with Gasteiger partial charge in [0.25, 0.3) is 0 Å². The number of carbonyl (C=O) groups is 2. The van der Waals surface area contributed by atoms with Crippen molar-refractivity contribution in [3.63, 3.8) is 0 Å². The first kappa shape index (κ1) is 25.4. The Morgan fingerprint density at radius 1 is 1.20 bits per heavy atom. The molecule has 6 heteroatoms. The number of methoxy groups -OCH3 is 1. The van der Waals surface area contributed by atoms with Crippen molar-refractivity contribution in [2.75, 3.05) is 26.8 Å². The Morgan fingerprint density at radius 3 is 2.60 bits per heavy atom. The van der Waals surface area contributed by atoms with Crippen LogP contribution in [-0.4, -0.2) is 44.7 Å². The summed E-state index contributed by atoms with van der Waals surface area (Å²) in [7, 11) is 1.33. The number of benzene rings is 1. The van der Waals surface area contributed by atoms with E-state index in [4.69, 9.17) is 9.47 Å². The van der Waals surface area contributed by atoms with Gasteiger partial charge in [0.2, 0.25) is 5.91 Å². The molecule has 0 saturated heterocycles. The second-order valence-electron chi connectivity index (χ2n) is 7.36. The van der Waals surface area contributed by atoms with Crippen molar-refractivity contribution in [3.8, 4) is 5.75 Å². The van der Waals surface area contributed by atoms with Gasteiger partial charge in [-0.05, 0) is 56.5 Å². The summed E-state index contributed by atoms with van der Waals surface area (Å²) in [6.07, 6.45) is 6.48. The molecule has 6 nitrogen and oxygen atoms in total. The summed E-state index contributed by atoms with van der Waals surface area (Å²) >= 11 is 0. The predicted molar refractivity (Wildman–Crippen MR) is 121 cm³/mol. The highest BCUT2D eigenvalue weighted by molar-refractivity contribution is 5.85. The standard InChI is InChI=1S/C24H36N2O4/c1-6-8-13-25-14-9-10-18(3)23(27)26-21(24(28)29-5)17-20-11-12-22(19(4)16-20)30-15-7-2/h6-7,11-12,16,18,21,25H,1-2,8-10,13-15,17H2,3-5H3,(H,26,27)/t18-,21-/m0/s1. The second kappa shape index (κ2) is 14.4. The molecule has 0 unspecified atom stereocenters. The zero-order valence-electron chi connectivity index (χ0n) is 18.5. The highest BCUT2D eigenvalue weighted by Gasteiger charge is 2.24. The number of rotatable bonds is 15. The smallest absolute Gasteiger partial charge is 0.328 e. The molecule has 0 aliphatic rings. The summed E-state index contributed by atoms with van der Waals surface area (Å²) in [5, 5.41) is 6.17. The molecule has 0 bridgehead atoms. The van der Waals surface area contributed by atoms with E-state index in [0.717, 1.165) is 49.2 Å². The lowest BCUT2D eigenvalue weighted by Crippen LogP contribution is -2.45. The molecule has 0 fully saturated rings. The van der Waals surface area contributed by atoms with Gasteiger partial charge in [-0.3, -0.25) is 4.79 Å². The van der Waals surface area contributed by atoms with Crippen molar-refractivity contribution in [3.05, 3.63) is 54.6 Å². The van der Waals surface area contributed by atoms with Gasteiger partial charge >= 0.3 is 5.97 Å². The molecule has 1 aromatic carbocycles. The monoisotopic (exact) mass is 416 g/mol. The van der Waals surface area contributed by atoms with Crippen LogP contribution in [-0.2, 0) is 20.7 Å². The first-order chi connectivity index (χ1) is 14.4. The third-order valence-electron chi connectivity index (χ3n) is 4.80. The van der Waals surface area contributed by atoms with Crippen molar-refractivity contribution in [1.29, 1.82) is 0 Å². The summed E-state index contributed by atoms with van der Waals surface area (Å²) in [6, 6.07) is 4.99. The van der Waals surface area contributed by atoms with Gasteiger partial charge in [0, 0.05) is 12.3 Å². The molecule has 1 aromatic rings. The SMILES string of the molecule is C=CCCNCCC[C@H](C)C(=O)N[C@@H](Cc1ccc(OCC=C)c(C)c1)C(=O)OC. The number of hydrogen-bond acceptors (Lipinski definition) is 5. The van der Waals surface area contributed by atoms with Crippen LogP contribution in [0.3, 0.4) is 0 Å². The lowest BCUT2D eigenvalue weighted by Gasteiger charge is -2.20. The van der Waals surface area contributed by atoms with Crippen molar-refractivity contribution in [2.45, 2.75) is 45.6 Å². The molecule has 0 radical (unpaired) electrons. The van der Waals surface area contributed by atoms with Crippen molar-refractivity contribution in [2.24, 2.45) is 5.92 Å². The first-order valence-electron chi connectivity index (χ1n) is 10.5. The summed E-state index contributed by atoms with van der Waals surface area (Å²) in [5.41, 5.74) is 1.88.